The van der Waals surface area contributed by atoms with Crippen LogP contribution in [0.1, 0.15) is 37.7 Å². The first-order valence-corrected chi connectivity index (χ1v) is 9.49. The van der Waals surface area contributed by atoms with Crippen LogP contribution in [0.2, 0.25) is 0 Å². The summed E-state index contributed by atoms with van der Waals surface area (Å²) in [5, 5.41) is 2.75. The van der Waals surface area contributed by atoms with Crippen LogP contribution < -0.4 is 5.32 Å². The lowest BCUT2D eigenvalue weighted by molar-refractivity contribution is -0.155. The Morgan fingerprint density at radius 2 is 1.92 bits per heavy atom. The van der Waals surface area contributed by atoms with Crippen molar-refractivity contribution in [3.63, 3.8) is 0 Å². The summed E-state index contributed by atoms with van der Waals surface area (Å²) in [6, 6.07) is 5.54. The van der Waals surface area contributed by atoms with Crippen LogP contribution in [0.15, 0.2) is 22.7 Å². The van der Waals surface area contributed by atoms with Crippen molar-refractivity contribution in [2.75, 3.05) is 11.9 Å². The maximum absolute atomic E-state index is 12.3. The number of anilines is 1. The Morgan fingerprint density at radius 3 is 2.56 bits per heavy atom. The van der Waals surface area contributed by atoms with E-state index in [4.69, 9.17) is 4.74 Å². The van der Waals surface area contributed by atoms with Gasteiger partial charge in [0.15, 0.2) is 6.61 Å². The number of carbonyl (C=O) groups is 3. The molecule has 1 N–H and O–H groups in total. The van der Waals surface area contributed by atoms with Crippen molar-refractivity contribution in [3.05, 3.63) is 28.2 Å². The molecule has 2 aliphatic carbocycles. The Bertz CT molecular complexity index is 687. The fourth-order valence-corrected chi connectivity index (χ4v) is 4.36. The number of ether oxygens (including phenoxy) is 1. The maximum atomic E-state index is 12.3. The van der Waals surface area contributed by atoms with Crippen LogP contribution in [-0.4, -0.2) is 24.3 Å². The quantitative estimate of drug-likeness (QED) is 0.773. The second kappa shape index (κ2) is 7.68. The van der Waals surface area contributed by atoms with Gasteiger partial charge in [0, 0.05) is 22.0 Å². The van der Waals surface area contributed by atoms with Crippen molar-refractivity contribution in [1.82, 2.24) is 0 Å². The molecule has 1 aromatic rings. The Morgan fingerprint density at radius 1 is 1.24 bits per heavy atom. The number of Topliss-reactive ketones (excluding diaryl/α,β-unsaturated/α-hetero) is 1. The number of amides is 1. The zero-order chi connectivity index (χ0) is 18.0. The molecule has 2 fully saturated rings. The van der Waals surface area contributed by atoms with Crippen LogP contribution >= 0.6 is 15.9 Å². The van der Waals surface area contributed by atoms with Crippen molar-refractivity contribution in [2.45, 2.75) is 39.0 Å². The third-order valence-electron chi connectivity index (χ3n) is 5.19. The number of halogens is 1. The maximum Gasteiger partial charge on any atom is 0.309 e. The SMILES string of the molecule is Cc1cc(Br)ccc1NC(=O)COC(=O)C1C[C@H]2CCC[C@@H](C1)C2=O. The number of aryl methyl sites for hydroxylation is 1. The molecule has 1 unspecified atom stereocenters. The van der Waals surface area contributed by atoms with Crippen LogP contribution in [0.25, 0.3) is 0 Å². The first-order chi connectivity index (χ1) is 11.9. The fourth-order valence-electron chi connectivity index (χ4n) is 3.88. The third-order valence-corrected chi connectivity index (χ3v) is 5.68. The summed E-state index contributed by atoms with van der Waals surface area (Å²) in [6.45, 7) is 1.60. The highest BCUT2D eigenvalue weighted by Gasteiger charge is 2.41. The smallest absolute Gasteiger partial charge is 0.309 e. The highest BCUT2D eigenvalue weighted by molar-refractivity contribution is 9.10. The Kier molecular flexibility index (Phi) is 5.57. The van der Waals surface area contributed by atoms with E-state index < -0.39 is 0 Å². The summed E-state index contributed by atoms with van der Waals surface area (Å²) in [7, 11) is 0. The Labute approximate surface area is 155 Å². The summed E-state index contributed by atoms with van der Waals surface area (Å²) >= 11 is 3.37. The summed E-state index contributed by atoms with van der Waals surface area (Å²) < 4.78 is 6.14. The van der Waals surface area contributed by atoms with Crippen LogP contribution in [0.5, 0.6) is 0 Å². The lowest BCUT2D eigenvalue weighted by Crippen LogP contribution is -2.40. The summed E-state index contributed by atoms with van der Waals surface area (Å²) in [5.41, 5.74) is 1.62. The van der Waals surface area contributed by atoms with Gasteiger partial charge in [0.25, 0.3) is 5.91 Å². The molecule has 0 aliphatic heterocycles. The zero-order valence-corrected chi connectivity index (χ0v) is 15.8. The number of nitrogens with one attached hydrogen (secondary N) is 1. The summed E-state index contributed by atoms with van der Waals surface area (Å²) in [4.78, 5) is 36.4. The molecule has 3 atom stereocenters. The molecule has 3 rings (SSSR count). The lowest BCUT2D eigenvalue weighted by Gasteiger charge is -2.36. The van der Waals surface area contributed by atoms with E-state index in [1.807, 2.05) is 19.1 Å². The fraction of sp³-hybridized carbons (Fsp3) is 0.526. The van der Waals surface area contributed by atoms with E-state index in [0.717, 1.165) is 29.3 Å². The number of rotatable bonds is 4. The second-order valence-electron chi connectivity index (χ2n) is 7.01. The van der Waals surface area contributed by atoms with E-state index in [1.54, 1.807) is 6.07 Å². The van der Waals surface area contributed by atoms with E-state index in [9.17, 15) is 14.4 Å². The predicted octanol–water partition coefficient (Wildman–Crippen LogP) is 3.63. The zero-order valence-electron chi connectivity index (χ0n) is 14.2. The molecule has 6 heteroatoms. The minimum absolute atomic E-state index is 0.00397. The second-order valence-corrected chi connectivity index (χ2v) is 7.93. The number of carbonyl (C=O) groups excluding carboxylic acids is 3. The number of fused-ring (bicyclic) bond motifs is 2. The van der Waals surface area contributed by atoms with Gasteiger partial charge in [0.1, 0.15) is 5.78 Å². The lowest BCUT2D eigenvalue weighted by atomic mass is 9.67. The molecular formula is C19H22BrNO4. The summed E-state index contributed by atoms with van der Waals surface area (Å²) in [5.74, 6) is -0.638. The minimum atomic E-state index is -0.356. The van der Waals surface area contributed by atoms with Gasteiger partial charge in [0.05, 0.1) is 5.92 Å². The van der Waals surface area contributed by atoms with Gasteiger partial charge in [0.2, 0.25) is 0 Å². The van der Waals surface area contributed by atoms with Crippen molar-refractivity contribution >= 4 is 39.3 Å². The van der Waals surface area contributed by atoms with Crippen molar-refractivity contribution in [2.24, 2.45) is 17.8 Å². The minimum Gasteiger partial charge on any atom is -0.455 e. The molecule has 0 radical (unpaired) electrons. The number of ketones is 1. The van der Waals surface area contributed by atoms with Crippen molar-refractivity contribution in [3.8, 4) is 0 Å². The standard InChI is InChI=1S/C19H22BrNO4/c1-11-7-15(20)5-6-16(11)21-17(22)10-25-19(24)14-8-12-3-2-4-13(9-14)18(12)23/h5-7,12-14H,2-4,8-10H2,1H3,(H,21,22)/t12-,13+,14?. The van der Waals surface area contributed by atoms with Crippen LogP contribution in [-0.2, 0) is 19.1 Å². The highest BCUT2D eigenvalue weighted by atomic mass is 79.9. The molecule has 0 aromatic heterocycles. The normalized spacial score (nSPS) is 25.4. The van der Waals surface area contributed by atoms with E-state index in [1.165, 1.54) is 0 Å². The van der Waals surface area contributed by atoms with Gasteiger partial charge >= 0.3 is 5.97 Å². The van der Waals surface area contributed by atoms with Gasteiger partial charge in [-0.05, 0) is 56.4 Å². The predicted molar refractivity (Wildman–Crippen MR) is 97.0 cm³/mol. The van der Waals surface area contributed by atoms with E-state index >= 15 is 0 Å². The largest absolute Gasteiger partial charge is 0.455 e. The van der Waals surface area contributed by atoms with E-state index in [-0.39, 0.29) is 36.2 Å². The third kappa shape index (κ3) is 4.29. The first-order valence-electron chi connectivity index (χ1n) is 8.70. The van der Waals surface area contributed by atoms with Gasteiger partial charge in [-0.3, -0.25) is 14.4 Å². The molecule has 1 amide bonds. The van der Waals surface area contributed by atoms with Crippen molar-refractivity contribution < 1.29 is 19.1 Å². The van der Waals surface area contributed by atoms with Gasteiger partial charge in [-0.2, -0.15) is 0 Å². The molecule has 0 spiro atoms. The molecule has 134 valence electrons. The first kappa shape index (κ1) is 18.1. The molecule has 5 nitrogen and oxygen atoms in total. The van der Waals surface area contributed by atoms with Gasteiger partial charge in [-0.25, -0.2) is 0 Å². The molecule has 25 heavy (non-hydrogen) atoms. The number of hydrogen-bond donors (Lipinski definition) is 1. The highest BCUT2D eigenvalue weighted by Crippen LogP contribution is 2.40. The van der Waals surface area contributed by atoms with E-state index in [2.05, 4.69) is 21.2 Å². The van der Waals surface area contributed by atoms with Gasteiger partial charge in [-0.15, -0.1) is 0 Å². The average Bonchev–Trinajstić information content (AvgIpc) is 2.55. The molecular weight excluding hydrogens is 386 g/mol. The number of esters is 1. The molecule has 2 aliphatic rings. The van der Waals surface area contributed by atoms with E-state index in [0.29, 0.717) is 24.3 Å². The van der Waals surface area contributed by atoms with Crippen LogP contribution in [0.3, 0.4) is 0 Å². The molecule has 2 bridgehead atoms. The molecule has 2 saturated carbocycles. The van der Waals surface area contributed by atoms with Gasteiger partial charge in [-0.1, -0.05) is 22.4 Å². The molecule has 0 saturated heterocycles. The van der Waals surface area contributed by atoms with Crippen molar-refractivity contribution in [1.29, 1.82) is 0 Å². The average molecular weight is 408 g/mol. The Balaban J connectivity index is 1.50. The van der Waals surface area contributed by atoms with Crippen LogP contribution in [0.4, 0.5) is 5.69 Å². The molecule has 0 heterocycles. The number of hydrogen-bond acceptors (Lipinski definition) is 4. The van der Waals surface area contributed by atoms with Gasteiger partial charge < -0.3 is 10.1 Å². The Hall–Kier alpha value is -1.69. The van der Waals surface area contributed by atoms with Crippen LogP contribution in [0, 0.1) is 24.7 Å². The monoisotopic (exact) mass is 407 g/mol. The number of benzene rings is 1. The molecule has 1 aromatic carbocycles. The summed E-state index contributed by atoms with van der Waals surface area (Å²) in [6.07, 6.45) is 3.96. The topological polar surface area (TPSA) is 72.5 Å².